The van der Waals surface area contributed by atoms with Crippen LogP contribution in [-0.4, -0.2) is 42.8 Å². The zero-order valence-electron chi connectivity index (χ0n) is 13.1. The van der Waals surface area contributed by atoms with Gasteiger partial charge in [0.15, 0.2) is 0 Å². The molecule has 1 aromatic rings. The second-order valence-corrected chi connectivity index (χ2v) is 7.50. The molecule has 0 atom stereocenters. The van der Waals surface area contributed by atoms with Crippen LogP contribution in [0.5, 0.6) is 0 Å². The van der Waals surface area contributed by atoms with Crippen LogP contribution >= 0.6 is 24.0 Å². The quantitative estimate of drug-likeness (QED) is 0.643. The van der Waals surface area contributed by atoms with E-state index in [1.165, 1.54) is 25.9 Å². The van der Waals surface area contributed by atoms with Crippen LogP contribution in [0.1, 0.15) is 25.3 Å². The Balaban J connectivity index is 2.11. The molecule has 2 rings (SSSR count). The summed E-state index contributed by atoms with van der Waals surface area (Å²) in [5.41, 5.74) is 8.31. The van der Waals surface area contributed by atoms with Crippen LogP contribution in [0.25, 0.3) is 0 Å². The van der Waals surface area contributed by atoms with E-state index in [1.807, 2.05) is 0 Å². The van der Waals surface area contributed by atoms with Gasteiger partial charge in [0, 0.05) is 22.7 Å². The highest BCUT2D eigenvalue weighted by molar-refractivity contribution is 7.98. The molecule has 0 aliphatic carbocycles. The fourth-order valence-electron chi connectivity index (χ4n) is 2.75. The number of rotatable bonds is 5. The lowest BCUT2D eigenvalue weighted by molar-refractivity contribution is 0.150. The minimum absolute atomic E-state index is 0.343. The van der Waals surface area contributed by atoms with E-state index in [0.29, 0.717) is 10.4 Å². The van der Waals surface area contributed by atoms with E-state index in [-0.39, 0.29) is 0 Å². The lowest BCUT2D eigenvalue weighted by Crippen LogP contribution is -2.40. The molecule has 116 valence electrons. The molecule has 3 N–H and O–H groups in total. The Morgan fingerprint density at radius 1 is 1.43 bits per heavy atom. The Labute approximate surface area is 137 Å². The van der Waals surface area contributed by atoms with Crippen LogP contribution in [0.3, 0.4) is 0 Å². The van der Waals surface area contributed by atoms with Gasteiger partial charge in [0.05, 0.1) is 0 Å². The number of anilines is 1. The van der Waals surface area contributed by atoms with E-state index in [2.05, 4.69) is 48.6 Å². The molecule has 1 aromatic carbocycles. The van der Waals surface area contributed by atoms with Gasteiger partial charge in [0.25, 0.3) is 0 Å². The number of nitrogens with zero attached hydrogens (tertiary/aromatic N) is 1. The predicted octanol–water partition coefficient (Wildman–Crippen LogP) is 3.19. The SMILES string of the molecule is CSc1cccc(NCC2(C)CCN(C)CC2)c1C(N)=S. The summed E-state index contributed by atoms with van der Waals surface area (Å²) < 4.78 is 0. The van der Waals surface area contributed by atoms with Gasteiger partial charge < -0.3 is 16.0 Å². The summed E-state index contributed by atoms with van der Waals surface area (Å²) in [6.07, 6.45) is 4.50. The van der Waals surface area contributed by atoms with E-state index < -0.39 is 0 Å². The summed E-state index contributed by atoms with van der Waals surface area (Å²) in [6, 6.07) is 6.21. The number of hydrogen-bond acceptors (Lipinski definition) is 4. The third kappa shape index (κ3) is 4.11. The van der Waals surface area contributed by atoms with E-state index in [1.54, 1.807) is 11.8 Å². The Hall–Kier alpha value is -0.780. The number of nitrogens with one attached hydrogen (secondary N) is 1. The number of likely N-dealkylation sites (tertiary alicyclic amines) is 1. The van der Waals surface area contributed by atoms with Gasteiger partial charge in [-0.1, -0.05) is 25.2 Å². The molecule has 0 amide bonds. The van der Waals surface area contributed by atoms with E-state index >= 15 is 0 Å². The first-order valence-electron chi connectivity index (χ1n) is 7.34. The maximum absolute atomic E-state index is 5.92. The largest absolute Gasteiger partial charge is 0.389 e. The van der Waals surface area contributed by atoms with E-state index in [9.17, 15) is 0 Å². The fourth-order valence-corrected chi connectivity index (χ4v) is 3.67. The van der Waals surface area contributed by atoms with Crippen molar-refractivity contribution >= 4 is 34.7 Å². The smallest absolute Gasteiger partial charge is 0.107 e. The number of piperidine rings is 1. The van der Waals surface area contributed by atoms with E-state index in [0.717, 1.165) is 22.7 Å². The van der Waals surface area contributed by atoms with Crippen LogP contribution in [0.2, 0.25) is 0 Å². The molecule has 0 spiro atoms. The first-order chi connectivity index (χ1) is 9.95. The molecule has 3 nitrogen and oxygen atoms in total. The first-order valence-corrected chi connectivity index (χ1v) is 8.98. The normalized spacial score (nSPS) is 18.4. The van der Waals surface area contributed by atoms with Crippen molar-refractivity contribution in [3.8, 4) is 0 Å². The van der Waals surface area contributed by atoms with Crippen molar-refractivity contribution in [1.29, 1.82) is 0 Å². The van der Waals surface area contributed by atoms with Gasteiger partial charge in [-0.05, 0) is 56.8 Å². The van der Waals surface area contributed by atoms with Crippen molar-refractivity contribution in [3.63, 3.8) is 0 Å². The Bertz CT molecular complexity index is 508. The molecule has 0 bridgehead atoms. The van der Waals surface area contributed by atoms with Gasteiger partial charge in [-0.25, -0.2) is 0 Å². The van der Waals surface area contributed by atoms with Crippen molar-refractivity contribution in [2.24, 2.45) is 11.1 Å². The van der Waals surface area contributed by atoms with Crippen molar-refractivity contribution in [2.75, 3.05) is 38.3 Å². The first kappa shape index (κ1) is 16.6. The Kier molecular flexibility index (Phi) is 5.52. The van der Waals surface area contributed by atoms with Gasteiger partial charge in [0.1, 0.15) is 4.99 Å². The van der Waals surface area contributed by atoms with Gasteiger partial charge >= 0.3 is 0 Å². The molecule has 0 saturated carbocycles. The Morgan fingerprint density at radius 3 is 2.67 bits per heavy atom. The average molecular weight is 324 g/mol. The summed E-state index contributed by atoms with van der Waals surface area (Å²) in [5.74, 6) is 0. The minimum atomic E-state index is 0.343. The maximum Gasteiger partial charge on any atom is 0.107 e. The summed E-state index contributed by atoms with van der Waals surface area (Å²) in [5, 5.41) is 3.60. The lowest BCUT2D eigenvalue weighted by Gasteiger charge is -2.38. The summed E-state index contributed by atoms with van der Waals surface area (Å²) in [6.45, 7) is 5.68. The number of nitrogens with two attached hydrogens (primary N) is 1. The van der Waals surface area contributed by atoms with Crippen molar-refractivity contribution in [3.05, 3.63) is 23.8 Å². The molecule has 21 heavy (non-hydrogen) atoms. The van der Waals surface area contributed by atoms with Crippen LogP contribution < -0.4 is 11.1 Å². The van der Waals surface area contributed by atoms with Gasteiger partial charge in [-0.2, -0.15) is 0 Å². The summed E-state index contributed by atoms with van der Waals surface area (Å²) in [7, 11) is 2.19. The van der Waals surface area contributed by atoms with Crippen molar-refractivity contribution < 1.29 is 0 Å². The van der Waals surface area contributed by atoms with Crippen LogP contribution in [0, 0.1) is 5.41 Å². The molecule has 5 heteroatoms. The third-order valence-electron chi connectivity index (χ3n) is 4.39. The number of hydrogen-bond donors (Lipinski definition) is 2. The zero-order chi connectivity index (χ0) is 15.5. The predicted molar refractivity (Wildman–Crippen MR) is 97.4 cm³/mol. The second-order valence-electron chi connectivity index (χ2n) is 6.21. The molecule has 0 unspecified atom stereocenters. The van der Waals surface area contributed by atoms with Crippen molar-refractivity contribution in [1.82, 2.24) is 4.90 Å². The highest BCUT2D eigenvalue weighted by atomic mass is 32.2. The number of thioether (sulfide) groups is 1. The number of thiocarbonyl (C=S) groups is 1. The van der Waals surface area contributed by atoms with Gasteiger partial charge in [-0.15, -0.1) is 11.8 Å². The fraction of sp³-hybridized carbons (Fsp3) is 0.562. The highest BCUT2D eigenvalue weighted by Crippen LogP contribution is 2.32. The summed E-state index contributed by atoms with van der Waals surface area (Å²) in [4.78, 5) is 4.01. The molecule has 1 fully saturated rings. The van der Waals surface area contributed by atoms with Crippen LogP contribution in [0.4, 0.5) is 5.69 Å². The molecule has 1 heterocycles. The molecule has 0 radical (unpaired) electrons. The molecule has 1 aliphatic heterocycles. The highest BCUT2D eigenvalue weighted by Gasteiger charge is 2.28. The number of benzene rings is 1. The monoisotopic (exact) mass is 323 g/mol. The second kappa shape index (κ2) is 6.99. The minimum Gasteiger partial charge on any atom is -0.389 e. The van der Waals surface area contributed by atoms with Crippen molar-refractivity contribution in [2.45, 2.75) is 24.7 Å². The van der Waals surface area contributed by atoms with Crippen LogP contribution in [0.15, 0.2) is 23.1 Å². The molecule has 0 aromatic heterocycles. The van der Waals surface area contributed by atoms with Gasteiger partial charge in [0.2, 0.25) is 0 Å². The van der Waals surface area contributed by atoms with Gasteiger partial charge in [-0.3, -0.25) is 0 Å². The van der Waals surface area contributed by atoms with Crippen LogP contribution in [-0.2, 0) is 0 Å². The summed E-state index contributed by atoms with van der Waals surface area (Å²) >= 11 is 6.92. The Morgan fingerprint density at radius 2 is 2.10 bits per heavy atom. The molecule has 1 aliphatic rings. The third-order valence-corrected chi connectivity index (χ3v) is 5.38. The lowest BCUT2D eigenvalue weighted by atomic mass is 9.80. The molecule has 1 saturated heterocycles. The molecular weight excluding hydrogens is 298 g/mol. The van der Waals surface area contributed by atoms with E-state index in [4.69, 9.17) is 18.0 Å². The average Bonchev–Trinajstić information content (AvgIpc) is 2.48. The zero-order valence-corrected chi connectivity index (χ0v) is 14.7. The topological polar surface area (TPSA) is 41.3 Å². The molecular formula is C16H25N3S2. The maximum atomic E-state index is 5.92. The standard InChI is InChI=1S/C16H25N3S2/c1-16(7-9-19(2)10-8-16)11-18-12-5-4-6-13(21-3)14(12)15(17)20/h4-6,18H,7-11H2,1-3H3,(H2,17,20).